The van der Waals surface area contributed by atoms with Gasteiger partial charge in [-0.2, -0.15) is 5.10 Å². The van der Waals surface area contributed by atoms with E-state index in [2.05, 4.69) is 10.5 Å². The van der Waals surface area contributed by atoms with Crippen molar-refractivity contribution in [2.75, 3.05) is 7.11 Å². The SMILES string of the molecule is COc1ccc(C2=NNC(=O)C23CCCCC3)cc1. The summed E-state index contributed by atoms with van der Waals surface area (Å²) in [6.07, 6.45) is 5.23. The van der Waals surface area contributed by atoms with E-state index in [0.717, 1.165) is 42.7 Å². The van der Waals surface area contributed by atoms with Crippen molar-refractivity contribution in [2.45, 2.75) is 32.1 Å². The zero-order valence-corrected chi connectivity index (χ0v) is 11.1. The molecular formula is C15H18N2O2. The first-order chi connectivity index (χ1) is 9.26. The van der Waals surface area contributed by atoms with Crippen LogP contribution in [0.2, 0.25) is 0 Å². The van der Waals surface area contributed by atoms with E-state index in [1.165, 1.54) is 6.42 Å². The van der Waals surface area contributed by atoms with Gasteiger partial charge in [0.15, 0.2) is 0 Å². The lowest BCUT2D eigenvalue weighted by molar-refractivity contribution is -0.127. The Morgan fingerprint density at radius 1 is 1.16 bits per heavy atom. The van der Waals surface area contributed by atoms with Crippen molar-refractivity contribution in [3.05, 3.63) is 29.8 Å². The second kappa shape index (κ2) is 4.68. The number of methoxy groups -OCH3 is 1. The molecule has 0 radical (unpaired) electrons. The van der Waals surface area contributed by atoms with Gasteiger partial charge in [0, 0.05) is 0 Å². The minimum absolute atomic E-state index is 0.0676. The lowest BCUT2D eigenvalue weighted by atomic mass is 9.69. The highest BCUT2D eigenvalue weighted by Gasteiger charge is 2.48. The number of nitrogens with one attached hydrogen (secondary N) is 1. The molecule has 100 valence electrons. The van der Waals surface area contributed by atoms with Gasteiger partial charge in [0.2, 0.25) is 0 Å². The lowest BCUT2D eigenvalue weighted by Crippen LogP contribution is -2.40. The Kier molecular flexibility index (Phi) is 3.01. The fourth-order valence-electron chi connectivity index (χ4n) is 3.14. The Morgan fingerprint density at radius 3 is 2.47 bits per heavy atom. The van der Waals surface area contributed by atoms with E-state index in [9.17, 15) is 4.79 Å². The molecule has 1 amide bonds. The van der Waals surface area contributed by atoms with Crippen molar-refractivity contribution in [1.82, 2.24) is 5.43 Å². The summed E-state index contributed by atoms with van der Waals surface area (Å²) in [5.41, 5.74) is 4.20. The smallest absolute Gasteiger partial charge is 0.252 e. The number of hydrogen-bond donors (Lipinski definition) is 1. The van der Waals surface area contributed by atoms with E-state index >= 15 is 0 Å². The molecule has 19 heavy (non-hydrogen) atoms. The highest BCUT2D eigenvalue weighted by Crippen LogP contribution is 2.42. The molecule has 0 bridgehead atoms. The summed E-state index contributed by atoms with van der Waals surface area (Å²) in [5.74, 6) is 0.886. The fourth-order valence-corrected chi connectivity index (χ4v) is 3.14. The number of ether oxygens (including phenoxy) is 1. The van der Waals surface area contributed by atoms with Crippen molar-refractivity contribution in [1.29, 1.82) is 0 Å². The van der Waals surface area contributed by atoms with Gasteiger partial charge in [-0.1, -0.05) is 19.3 Å². The quantitative estimate of drug-likeness (QED) is 0.886. The van der Waals surface area contributed by atoms with Crippen molar-refractivity contribution in [2.24, 2.45) is 10.5 Å². The maximum absolute atomic E-state index is 12.2. The van der Waals surface area contributed by atoms with Crippen molar-refractivity contribution < 1.29 is 9.53 Å². The monoisotopic (exact) mass is 258 g/mol. The maximum Gasteiger partial charge on any atom is 0.252 e. The third-order valence-electron chi connectivity index (χ3n) is 4.23. The second-order valence-corrected chi connectivity index (χ2v) is 5.27. The number of rotatable bonds is 2. The molecule has 4 nitrogen and oxygen atoms in total. The molecule has 0 aromatic heterocycles. The highest BCUT2D eigenvalue weighted by atomic mass is 16.5. The van der Waals surface area contributed by atoms with E-state index in [1.54, 1.807) is 7.11 Å². The largest absolute Gasteiger partial charge is 0.497 e. The molecule has 1 aliphatic carbocycles. The molecule has 2 aliphatic rings. The molecule has 1 aromatic carbocycles. The third kappa shape index (κ3) is 1.91. The minimum Gasteiger partial charge on any atom is -0.497 e. The number of carbonyl (C=O) groups excluding carboxylic acids is 1. The molecule has 4 heteroatoms. The number of amides is 1. The van der Waals surface area contributed by atoms with Gasteiger partial charge in [-0.15, -0.1) is 0 Å². The van der Waals surface area contributed by atoms with Gasteiger partial charge >= 0.3 is 0 Å². The zero-order valence-electron chi connectivity index (χ0n) is 11.1. The van der Waals surface area contributed by atoms with Gasteiger partial charge in [0.05, 0.1) is 18.2 Å². The van der Waals surface area contributed by atoms with E-state index < -0.39 is 5.41 Å². The molecule has 1 spiro atoms. The summed E-state index contributed by atoms with van der Waals surface area (Å²) in [5, 5.41) is 4.30. The molecule has 1 heterocycles. The van der Waals surface area contributed by atoms with Gasteiger partial charge in [0.1, 0.15) is 5.75 Å². The first-order valence-corrected chi connectivity index (χ1v) is 6.79. The topological polar surface area (TPSA) is 50.7 Å². The Morgan fingerprint density at radius 2 is 1.84 bits per heavy atom. The van der Waals surface area contributed by atoms with Crippen LogP contribution in [0.5, 0.6) is 5.75 Å². The Hall–Kier alpha value is -1.84. The molecule has 1 saturated carbocycles. The molecule has 1 N–H and O–H groups in total. The summed E-state index contributed by atoms with van der Waals surface area (Å²) in [6, 6.07) is 7.79. The average molecular weight is 258 g/mol. The fraction of sp³-hybridized carbons (Fsp3) is 0.467. The second-order valence-electron chi connectivity index (χ2n) is 5.27. The van der Waals surface area contributed by atoms with E-state index in [-0.39, 0.29) is 5.91 Å². The average Bonchev–Trinajstić information content (AvgIpc) is 2.77. The number of hydrazone groups is 1. The van der Waals surface area contributed by atoms with Gasteiger partial charge < -0.3 is 4.74 Å². The van der Waals surface area contributed by atoms with Crippen LogP contribution < -0.4 is 10.2 Å². The standard InChI is InChI=1S/C15H18N2O2/c1-19-12-7-5-11(6-8-12)13-15(14(18)17-16-13)9-3-2-4-10-15/h5-8H,2-4,9-10H2,1H3,(H,17,18). The molecule has 0 atom stereocenters. The van der Waals surface area contributed by atoms with Crippen LogP contribution >= 0.6 is 0 Å². The summed E-state index contributed by atoms with van der Waals surface area (Å²) >= 11 is 0. The summed E-state index contributed by atoms with van der Waals surface area (Å²) in [7, 11) is 1.65. The van der Waals surface area contributed by atoms with Crippen molar-refractivity contribution in [3.63, 3.8) is 0 Å². The molecule has 1 aliphatic heterocycles. The molecule has 0 unspecified atom stereocenters. The minimum atomic E-state index is -0.396. The first-order valence-electron chi connectivity index (χ1n) is 6.79. The molecule has 1 fully saturated rings. The molecule has 3 rings (SSSR count). The molecule has 1 aromatic rings. The van der Waals surface area contributed by atoms with Crippen LogP contribution in [0.25, 0.3) is 0 Å². The zero-order chi connectivity index (χ0) is 13.3. The van der Waals surface area contributed by atoms with Crippen LogP contribution in [0, 0.1) is 5.41 Å². The van der Waals surface area contributed by atoms with Crippen LogP contribution in [0.3, 0.4) is 0 Å². The number of hydrogen-bond acceptors (Lipinski definition) is 3. The van der Waals surface area contributed by atoms with Crippen LogP contribution in [-0.2, 0) is 4.79 Å². The van der Waals surface area contributed by atoms with Crippen molar-refractivity contribution >= 4 is 11.6 Å². The van der Waals surface area contributed by atoms with E-state index in [4.69, 9.17) is 4.74 Å². The van der Waals surface area contributed by atoms with Crippen LogP contribution in [-0.4, -0.2) is 18.7 Å². The normalized spacial score (nSPS) is 21.1. The number of benzene rings is 1. The van der Waals surface area contributed by atoms with E-state index in [1.807, 2.05) is 24.3 Å². The van der Waals surface area contributed by atoms with Gasteiger partial charge in [-0.3, -0.25) is 4.79 Å². The summed E-state index contributed by atoms with van der Waals surface area (Å²) < 4.78 is 5.17. The predicted molar refractivity (Wildman–Crippen MR) is 73.2 cm³/mol. The summed E-state index contributed by atoms with van der Waals surface area (Å²) in [4.78, 5) is 12.2. The third-order valence-corrected chi connectivity index (χ3v) is 4.23. The van der Waals surface area contributed by atoms with Crippen molar-refractivity contribution in [3.8, 4) is 5.75 Å². The van der Waals surface area contributed by atoms with Crippen LogP contribution in [0.15, 0.2) is 29.4 Å². The van der Waals surface area contributed by atoms with Crippen LogP contribution in [0.1, 0.15) is 37.7 Å². The molecule has 0 saturated heterocycles. The Bertz CT molecular complexity index is 513. The van der Waals surface area contributed by atoms with Gasteiger partial charge in [-0.25, -0.2) is 5.43 Å². The van der Waals surface area contributed by atoms with Gasteiger partial charge in [0.25, 0.3) is 5.91 Å². The van der Waals surface area contributed by atoms with E-state index in [0.29, 0.717) is 0 Å². The Labute approximate surface area is 112 Å². The number of nitrogens with zero attached hydrogens (tertiary/aromatic N) is 1. The maximum atomic E-state index is 12.2. The number of carbonyl (C=O) groups is 1. The van der Waals surface area contributed by atoms with Gasteiger partial charge in [-0.05, 0) is 42.7 Å². The predicted octanol–water partition coefficient (Wildman–Crippen LogP) is 2.48. The Balaban J connectivity index is 1.95. The first kappa shape index (κ1) is 12.2. The molecular weight excluding hydrogens is 240 g/mol. The van der Waals surface area contributed by atoms with Crippen LogP contribution in [0.4, 0.5) is 0 Å². The summed E-state index contributed by atoms with van der Waals surface area (Å²) in [6.45, 7) is 0. The lowest BCUT2D eigenvalue weighted by Gasteiger charge is -2.31. The highest BCUT2D eigenvalue weighted by molar-refractivity contribution is 6.19.